The van der Waals surface area contributed by atoms with Crippen LogP contribution in [0.25, 0.3) is 11.1 Å². The highest BCUT2D eigenvalue weighted by Gasteiger charge is 2.28. The van der Waals surface area contributed by atoms with Crippen LogP contribution in [0.3, 0.4) is 0 Å². The van der Waals surface area contributed by atoms with E-state index in [1.165, 1.54) is 6.33 Å². The second-order valence-electron chi connectivity index (χ2n) is 7.45. The number of benzene rings is 1. The van der Waals surface area contributed by atoms with Gasteiger partial charge in [-0.15, -0.1) is 0 Å². The molecule has 2 aromatic heterocycles. The summed E-state index contributed by atoms with van der Waals surface area (Å²) in [6.07, 6.45) is 1.43. The number of nitrogens with one attached hydrogen (secondary N) is 1. The van der Waals surface area contributed by atoms with E-state index < -0.39 is 5.97 Å². The summed E-state index contributed by atoms with van der Waals surface area (Å²) in [5.41, 5.74) is 1.44. The van der Waals surface area contributed by atoms with E-state index in [-0.39, 0.29) is 19.1 Å². The molecule has 9 nitrogen and oxygen atoms in total. The Kier molecular flexibility index (Phi) is 6.57. The third-order valence-corrected chi connectivity index (χ3v) is 5.54. The number of ether oxygens (including phenoxy) is 1. The van der Waals surface area contributed by atoms with Crippen LogP contribution in [0.2, 0.25) is 5.02 Å². The lowest BCUT2D eigenvalue weighted by atomic mass is 10.1. The first-order chi connectivity index (χ1) is 15.5. The Hall–Kier alpha value is -3.17. The number of aryl methyl sites for hydroxylation is 1. The molecule has 1 fully saturated rings. The summed E-state index contributed by atoms with van der Waals surface area (Å²) in [5, 5.41) is 4.07. The topological polar surface area (TPSA) is 101 Å². The lowest BCUT2D eigenvalue weighted by Gasteiger charge is -2.35. The summed E-state index contributed by atoms with van der Waals surface area (Å²) < 4.78 is 10.9. The molecule has 0 bridgehead atoms. The molecular formula is C22H24ClN5O4. The molecule has 0 atom stereocenters. The van der Waals surface area contributed by atoms with Gasteiger partial charge in [-0.2, -0.15) is 0 Å². The van der Waals surface area contributed by atoms with Crippen molar-refractivity contribution >= 4 is 46.1 Å². The minimum atomic E-state index is -0.447. The Labute approximate surface area is 190 Å². The summed E-state index contributed by atoms with van der Waals surface area (Å²) in [7, 11) is 0. The fourth-order valence-corrected chi connectivity index (χ4v) is 3.90. The van der Waals surface area contributed by atoms with Crippen molar-refractivity contribution in [3.8, 4) is 0 Å². The summed E-state index contributed by atoms with van der Waals surface area (Å²) in [4.78, 5) is 37.7. The minimum absolute atomic E-state index is 0.0831. The monoisotopic (exact) mass is 457 g/mol. The van der Waals surface area contributed by atoms with E-state index in [1.54, 1.807) is 38.1 Å². The summed E-state index contributed by atoms with van der Waals surface area (Å²) in [6, 6.07) is 7.01. The molecule has 32 heavy (non-hydrogen) atoms. The molecule has 1 N–H and O–H groups in total. The van der Waals surface area contributed by atoms with Crippen LogP contribution in [0.5, 0.6) is 0 Å². The molecule has 0 saturated carbocycles. The van der Waals surface area contributed by atoms with Gasteiger partial charge in [0.2, 0.25) is 11.6 Å². The van der Waals surface area contributed by atoms with Crippen molar-refractivity contribution in [3.05, 3.63) is 46.9 Å². The second-order valence-corrected chi connectivity index (χ2v) is 7.89. The summed E-state index contributed by atoms with van der Waals surface area (Å²) in [5.74, 6) is 0.565. The normalized spacial score (nSPS) is 14.5. The van der Waals surface area contributed by atoms with Gasteiger partial charge in [-0.3, -0.25) is 9.69 Å². The molecule has 1 saturated heterocycles. The Bertz CT molecular complexity index is 1120. The predicted octanol–water partition coefficient (Wildman–Crippen LogP) is 3.12. The van der Waals surface area contributed by atoms with Gasteiger partial charge in [0.1, 0.15) is 23.5 Å². The van der Waals surface area contributed by atoms with Crippen LogP contribution < -0.4 is 10.2 Å². The average Bonchev–Trinajstić information content (AvgIpc) is 3.12. The van der Waals surface area contributed by atoms with E-state index in [2.05, 4.69) is 25.1 Å². The van der Waals surface area contributed by atoms with Gasteiger partial charge in [0, 0.05) is 36.9 Å². The van der Waals surface area contributed by atoms with Crippen molar-refractivity contribution in [1.82, 2.24) is 14.9 Å². The summed E-state index contributed by atoms with van der Waals surface area (Å²) in [6.45, 7) is 6.67. The van der Waals surface area contributed by atoms with Crippen LogP contribution in [-0.2, 0) is 9.53 Å². The van der Waals surface area contributed by atoms with Crippen LogP contribution in [0, 0.1) is 6.92 Å². The van der Waals surface area contributed by atoms with Gasteiger partial charge in [-0.25, -0.2) is 14.8 Å². The number of esters is 1. The smallest absolute Gasteiger partial charge is 0.342 e. The number of piperazine rings is 1. The van der Waals surface area contributed by atoms with Crippen LogP contribution in [0.1, 0.15) is 23.0 Å². The Morgan fingerprint density at radius 1 is 1.16 bits per heavy atom. The lowest BCUT2D eigenvalue weighted by molar-refractivity contribution is -0.117. The van der Waals surface area contributed by atoms with Gasteiger partial charge in [0.05, 0.1) is 18.5 Å². The van der Waals surface area contributed by atoms with Crippen LogP contribution in [-0.4, -0.2) is 66.1 Å². The molecule has 0 spiro atoms. The van der Waals surface area contributed by atoms with E-state index >= 15 is 0 Å². The molecule has 3 heterocycles. The Balaban J connectivity index is 1.43. The van der Waals surface area contributed by atoms with Gasteiger partial charge in [0.25, 0.3) is 0 Å². The van der Waals surface area contributed by atoms with Crippen molar-refractivity contribution in [2.24, 2.45) is 0 Å². The number of carbonyl (C=O) groups is 2. The standard InChI is InChI=1S/C22H24ClN5O4/c1-3-31-22(30)18-14(2)32-21-19(18)20(24-13-25-21)28-10-8-27(9-11-28)12-17(29)26-16-6-4-15(23)5-7-16/h4-7,13H,3,8-12H2,1-2H3,(H,26,29). The number of halogens is 1. The lowest BCUT2D eigenvalue weighted by Crippen LogP contribution is -2.49. The van der Waals surface area contributed by atoms with Gasteiger partial charge < -0.3 is 19.4 Å². The number of amides is 1. The van der Waals surface area contributed by atoms with Crippen LogP contribution in [0.15, 0.2) is 35.0 Å². The number of nitrogens with zero attached hydrogens (tertiary/aromatic N) is 4. The van der Waals surface area contributed by atoms with Crippen molar-refractivity contribution in [3.63, 3.8) is 0 Å². The van der Waals surface area contributed by atoms with E-state index in [0.717, 1.165) is 0 Å². The zero-order valence-electron chi connectivity index (χ0n) is 17.9. The van der Waals surface area contributed by atoms with Gasteiger partial charge in [-0.1, -0.05) is 11.6 Å². The Morgan fingerprint density at radius 2 is 1.88 bits per heavy atom. The molecule has 4 rings (SSSR count). The molecule has 1 aliphatic heterocycles. The molecule has 0 unspecified atom stereocenters. The zero-order chi connectivity index (χ0) is 22.7. The third kappa shape index (κ3) is 4.68. The fraction of sp³-hybridized carbons (Fsp3) is 0.364. The molecule has 1 amide bonds. The maximum absolute atomic E-state index is 12.5. The second kappa shape index (κ2) is 9.54. The molecule has 0 aliphatic carbocycles. The van der Waals surface area contributed by atoms with Crippen LogP contribution >= 0.6 is 11.6 Å². The number of carbonyl (C=O) groups excluding carboxylic acids is 2. The molecule has 0 radical (unpaired) electrons. The number of fused-ring (bicyclic) bond motifs is 1. The van der Waals surface area contributed by atoms with E-state index in [4.69, 9.17) is 20.8 Å². The van der Waals surface area contributed by atoms with Crippen molar-refractivity contribution in [2.75, 3.05) is 49.5 Å². The molecule has 3 aromatic rings. The first-order valence-corrected chi connectivity index (χ1v) is 10.8. The van der Waals surface area contributed by atoms with Gasteiger partial charge in [-0.05, 0) is 38.1 Å². The highest BCUT2D eigenvalue weighted by atomic mass is 35.5. The highest BCUT2D eigenvalue weighted by molar-refractivity contribution is 6.30. The molecule has 1 aromatic carbocycles. The molecule has 10 heteroatoms. The van der Waals surface area contributed by atoms with Crippen molar-refractivity contribution in [1.29, 1.82) is 0 Å². The largest absolute Gasteiger partial charge is 0.462 e. The zero-order valence-corrected chi connectivity index (χ0v) is 18.7. The molecule has 1 aliphatic rings. The molecule has 168 valence electrons. The first-order valence-electron chi connectivity index (χ1n) is 10.4. The number of rotatable bonds is 6. The first kappa shape index (κ1) is 22.0. The number of hydrogen-bond donors (Lipinski definition) is 1. The van der Waals surface area contributed by atoms with E-state index in [1.807, 2.05) is 0 Å². The number of anilines is 2. The SMILES string of the molecule is CCOC(=O)c1c(C)oc2ncnc(N3CCN(CC(=O)Nc4ccc(Cl)cc4)CC3)c12. The number of aromatic nitrogens is 2. The predicted molar refractivity (Wildman–Crippen MR) is 121 cm³/mol. The fourth-order valence-electron chi connectivity index (χ4n) is 3.77. The number of hydrogen-bond acceptors (Lipinski definition) is 8. The number of furan rings is 1. The van der Waals surface area contributed by atoms with Crippen molar-refractivity contribution < 1.29 is 18.7 Å². The third-order valence-electron chi connectivity index (χ3n) is 5.29. The summed E-state index contributed by atoms with van der Waals surface area (Å²) >= 11 is 5.88. The average molecular weight is 458 g/mol. The van der Waals surface area contributed by atoms with E-state index in [0.29, 0.717) is 65.1 Å². The maximum atomic E-state index is 12.5. The van der Waals surface area contributed by atoms with Gasteiger partial charge in [0.15, 0.2) is 0 Å². The van der Waals surface area contributed by atoms with E-state index in [9.17, 15) is 9.59 Å². The molecular weight excluding hydrogens is 434 g/mol. The Morgan fingerprint density at radius 3 is 2.56 bits per heavy atom. The van der Waals surface area contributed by atoms with Crippen molar-refractivity contribution in [2.45, 2.75) is 13.8 Å². The van der Waals surface area contributed by atoms with Gasteiger partial charge >= 0.3 is 5.97 Å². The maximum Gasteiger partial charge on any atom is 0.342 e. The minimum Gasteiger partial charge on any atom is -0.462 e. The van der Waals surface area contributed by atoms with Crippen LogP contribution in [0.4, 0.5) is 11.5 Å². The quantitative estimate of drug-likeness (QED) is 0.563. The highest BCUT2D eigenvalue weighted by Crippen LogP contribution is 2.32.